The summed E-state index contributed by atoms with van der Waals surface area (Å²) in [6.07, 6.45) is 7.63. The smallest absolute Gasteiger partial charge is 0.00957 e. The highest BCUT2D eigenvalue weighted by molar-refractivity contribution is 7.74. The van der Waals surface area contributed by atoms with Crippen molar-refractivity contribution >= 4 is 43.3 Å². The Morgan fingerprint density at radius 2 is 1.21 bits per heavy atom. The maximum absolute atomic E-state index is 2.55. The SMILES string of the molecule is C1=CP(c2ccccc2)[C@H]2[C@@H]1[C@H]1C=C[C@@H]2[P@]1c1ccccc1.[B].[B]. The van der Waals surface area contributed by atoms with E-state index in [-0.39, 0.29) is 32.7 Å². The van der Waals surface area contributed by atoms with Gasteiger partial charge in [-0.1, -0.05) is 92.6 Å². The molecule has 0 amide bonds. The fourth-order valence-electron chi connectivity index (χ4n) is 4.31. The van der Waals surface area contributed by atoms with Crippen LogP contribution in [-0.2, 0) is 0 Å². The zero-order valence-corrected chi connectivity index (χ0v) is 15.2. The standard InChI is InChI=1S/C20H18P2.2B/c1-3-7-15(8-4-1)21-14-13-17-18-11-12-19(20(17)21)22(18)16-9-5-2-6-10-16;;/h1-14,17-20H;;/t17-,18+,19-,20-,21?,22+;;/m0../s1. The second-order valence-corrected chi connectivity index (χ2v) is 11.0. The van der Waals surface area contributed by atoms with Gasteiger partial charge in [-0.2, -0.15) is 0 Å². The van der Waals surface area contributed by atoms with Crippen molar-refractivity contribution in [2.24, 2.45) is 5.92 Å². The Morgan fingerprint density at radius 3 is 1.88 bits per heavy atom. The minimum absolute atomic E-state index is 0. The molecule has 3 aliphatic rings. The first kappa shape index (κ1) is 17.7. The monoisotopic (exact) mass is 342 g/mol. The van der Waals surface area contributed by atoms with Crippen LogP contribution in [0.3, 0.4) is 0 Å². The van der Waals surface area contributed by atoms with Gasteiger partial charge in [0, 0.05) is 33.8 Å². The van der Waals surface area contributed by atoms with Crippen LogP contribution in [0.1, 0.15) is 0 Å². The van der Waals surface area contributed by atoms with E-state index in [0.29, 0.717) is 0 Å². The predicted octanol–water partition coefficient (Wildman–Crippen LogP) is 3.67. The number of allylic oxidation sites excluding steroid dienone is 3. The van der Waals surface area contributed by atoms with E-state index in [2.05, 4.69) is 84.7 Å². The lowest BCUT2D eigenvalue weighted by atomic mass is 9.94. The molecule has 0 N–H and O–H groups in total. The van der Waals surface area contributed by atoms with Gasteiger partial charge in [-0.15, -0.1) is 0 Å². The Morgan fingerprint density at radius 1 is 0.625 bits per heavy atom. The molecule has 1 unspecified atom stereocenters. The first-order chi connectivity index (χ1) is 10.9. The van der Waals surface area contributed by atoms with Crippen molar-refractivity contribution in [3.8, 4) is 0 Å². The summed E-state index contributed by atoms with van der Waals surface area (Å²) in [6, 6.07) is 22.5. The topological polar surface area (TPSA) is 0 Å². The minimum Gasteiger partial charge on any atom is -0.0795 e. The van der Waals surface area contributed by atoms with Crippen molar-refractivity contribution < 1.29 is 0 Å². The Labute approximate surface area is 151 Å². The summed E-state index contributed by atoms with van der Waals surface area (Å²) in [4.78, 5) is 0. The van der Waals surface area contributed by atoms with Crippen LogP contribution < -0.4 is 10.6 Å². The van der Waals surface area contributed by atoms with Crippen LogP contribution in [0.4, 0.5) is 0 Å². The molecule has 0 spiro atoms. The van der Waals surface area contributed by atoms with Gasteiger partial charge >= 0.3 is 0 Å². The minimum atomic E-state index is -0.128. The predicted molar refractivity (Wildman–Crippen MR) is 111 cm³/mol. The van der Waals surface area contributed by atoms with Crippen LogP contribution in [-0.4, -0.2) is 33.8 Å². The van der Waals surface area contributed by atoms with Crippen molar-refractivity contribution in [3.05, 3.63) is 84.7 Å². The van der Waals surface area contributed by atoms with Crippen LogP contribution in [0.5, 0.6) is 0 Å². The molecule has 0 aliphatic carbocycles. The number of rotatable bonds is 2. The lowest BCUT2D eigenvalue weighted by Gasteiger charge is -2.27. The molecular formula is C20H18B2P2. The third-order valence-corrected chi connectivity index (χ3v) is 11.3. The molecule has 3 heterocycles. The molecule has 0 aromatic heterocycles. The molecule has 6 radical (unpaired) electrons. The van der Waals surface area contributed by atoms with E-state index in [9.17, 15) is 0 Å². The Bertz CT molecular complexity index is 745. The molecule has 2 aromatic carbocycles. The fourth-order valence-corrected chi connectivity index (χ4v) is 11.4. The lowest BCUT2D eigenvalue weighted by Crippen LogP contribution is -2.25. The second kappa shape index (κ2) is 7.03. The van der Waals surface area contributed by atoms with E-state index in [4.69, 9.17) is 0 Å². The third-order valence-electron chi connectivity index (χ3n) is 5.19. The molecule has 1 fully saturated rings. The molecule has 0 nitrogen and oxygen atoms in total. The van der Waals surface area contributed by atoms with Crippen molar-refractivity contribution in [1.29, 1.82) is 0 Å². The highest BCUT2D eigenvalue weighted by Gasteiger charge is 2.55. The molecule has 1 saturated heterocycles. The normalized spacial score (nSPS) is 34.5. The van der Waals surface area contributed by atoms with Gasteiger partial charge in [0.25, 0.3) is 0 Å². The number of hydrogen-bond acceptors (Lipinski definition) is 0. The molecule has 4 heteroatoms. The Kier molecular flexibility index (Phi) is 5.19. The molecule has 114 valence electrons. The first-order valence-electron chi connectivity index (χ1n) is 7.97. The van der Waals surface area contributed by atoms with Crippen molar-refractivity contribution in [2.45, 2.75) is 17.0 Å². The number of hydrogen-bond donors (Lipinski definition) is 0. The number of fused-ring (bicyclic) bond motifs is 5. The van der Waals surface area contributed by atoms with E-state index >= 15 is 0 Å². The first-order valence-corrected chi connectivity index (χ1v) is 10.9. The van der Waals surface area contributed by atoms with Crippen LogP contribution in [0.2, 0.25) is 0 Å². The zero-order chi connectivity index (χ0) is 14.5. The summed E-state index contributed by atoms with van der Waals surface area (Å²) in [5.74, 6) is 3.33. The average Bonchev–Trinajstić information content (AvgIpc) is 3.27. The summed E-state index contributed by atoms with van der Waals surface area (Å²) >= 11 is 0. The Balaban J connectivity index is 0.000000845. The molecular weight excluding hydrogens is 324 g/mol. The fraction of sp³-hybridized carbons (Fsp3) is 0.200. The summed E-state index contributed by atoms with van der Waals surface area (Å²) < 4.78 is 0. The van der Waals surface area contributed by atoms with Gasteiger partial charge in [0.2, 0.25) is 0 Å². The van der Waals surface area contributed by atoms with Crippen molar-refractivity contribution in [3.63, 3.8) is 0 Å². The second-order valence-electron chi connectivity index (χ2n) is 6.26. The van der Waals surface area contributed by atoms with Gasteiger partial charge in [-0.3, -0.25) is 0 Å². The highest BCUT2D eigenvalue weighted by atomic mass is 31.1. The van der Waals surface area contributed by atoms with Crippen LogP contribution in [0.25, 0.3) is 0 Å². The lowest BCUT2D eigenvalue weighted by molar-refractivity contribution is 0.665. The Hall–Kier alpha value is -1.09. The molecule has 3 aliphatic heterocycles. The molecule has 2 bridgehead atoms. The van der Waals surface area contributed by atoms with Crippen LogP contribution in [0, 0.1) is 5.92 Å². The highest BCUT2D eigenvalue weighted by Crippen LogP contribution is 2.72. The largest absolute Gasteiger partial charge is 0.0795 e. The maximum Gasteiger partial charge on any atom is 0.00957 e. The third kappa shape index (κ3) is 2.56. The van der Waals surface area contributed by atoms with Crippen molar-refractivity contribution in [2.75, 3.05) is 0 Å². The molecule has 24 heavy (non-hydrogen) atoms. The van der Waals surface area contributed by atoms with Gasteiger partial charge < -0.3 is 0 Å². The summed E-state index contributed by atoms with van der Waals surface area (Å²) in [5, 5.41) is 3.16. The maximum atomic E-state index is 2.55. The van der Waals surface area contributed by atoms with Gasteiger partial charge in [0.1, 0.15) is 0 Å². The summed E-state index contributed by atoms with van der Waals surface area (Å²) in [7, 11) is -0.176. The summed E-state index contributed by atoms with van der Waals surface area (Å²) in [6.45, 7) is 0. The van der Waals surface area contributed by atoms with Gasteiger partial charge in [-0.05, 0) is 24.4 Å². The van der Waals surface area contributed by atoms with E-state index in [0.717, 1.165) is 22.9 Å². The zero-order valence-electron chi connectivity index (χ0n) is 13.4. The molecule has 0 saturated carbocycles. The molecule has 2 aromatic rings. The van der Waals surface area contributed by atoms with Crippen molar-refractivity contribution in [1.82, 2.24) is 0 Å². The van der Waals surface area contributed by atoms with Gasteiger partial charge in [-0.25, -0.2) is 0 Å². The quantitative estimate of drug-likeness (QED) is 0.444. The van der Waals surface area contributed by atoms with E-state index in [1.54, 1.807) is 10.6 Å². The van der Waals surface area contributed by atoms with Gasteiger partial charge in [0.05, 0.1) is 0 Å². The average molecular weight is 342 g/mol. The molecule has 6 atom stereocenters. The van der Waals surface area contributed by atoms with Gasteiger partial charge in [0.15, 0.2) is 0 Å². The molecule has 5 rings (SSSR count). The van der Waals surface area contributed by atoms with E-state index < -0.39 is 0 Å². The summed E-state index contributed by atoms with van der Waals surface area (Å²) in [5.41, 5.74) is 2.41. The van der Waals surface area contributed by atoms with E-state index in [1.165, 1.54) is 0 Å². The number of benzene rings is 2. The van der Waals surface area contributed by atoms with Crippen LogP contribution >= 0.6 is 15.8 Å². The van der Waals surface area contributed by atoms with E-state index in [1.807, 2.05) is 0 Å². The van der Waals surface area contributed by atoms with Crippen LogP contribution in [0.15, 0.2) is 84.7 Å².